The van der Waals surface area contributed by atoms with Crippen LogP contribution in [0.2, 0.25) is 0 Å². The van der Waals surface area contributed by atoms with E-state index in [1.54, 1.807) is 13.8 Å². The standard InChI is InChI=1S/C13H20O6/c1-7-9(5-6-10(14)17-3)19-12(13(16)18-4)8(2)11(7)15/h5-9,11-12,15H,1-4H3. The molecule has 0 amide bonds. The van der Waals surface area contributed by atoms with Gasteiger partial charge in [-0.25, -0.2) is 9.59 Å². The maximum absolute atomic E-state index is 11.6. The van der Waals surface area contributed by atoms with Crippen molar-refractivity contribution in [2.45, 2.75) is 32.2 Å². The Bertz CT molecular complexity index is 364. The molecule has 6 heteroatoms. The first-order valence-electron chi connectivity index (χ1n) is 6.09. The van der Waals surface area contributed by atoms with Crippen molar-refractivity contribution in [2.24, 2.45) is 11.8 Å². The fraction of sp³-hybridized carbons (Fsp3) is 0.692. The quantitative estimate of drug-likeness (QED) is 0.587. The van der Waals surface area contributed by atoms with Crippen LogP contribution >= 0.6 is 0 Å². The van der Waals surface area contributed by atoms with Gasteiger partial charge in [-0.1, -0.05) is 13.8 Å². The largest absolute Gasteiger partial charge is 0.467 e. The van der Waals surface area contributed by atoms with Gasteiger partial charge in [0.2, 0.25) is 0 Å². The number of ether oxygens (including phenoxy) is 3. The van der Waals surface area contributed by atoms with Crippen molar-refractivity contribution < 1.29 is 28.9 Å². The van der Waals surface area contributed by atoms with Crippen LogP contribution in [0.15, 0.2) is 12.2 Å². The molecule has 0 aromatic rings. The van der Waals surface area contributed by atoms with Crippen LogP contribution in [0.3, 0.4) is 0 Å². The summed E-state index contributed by atoms with van der Waals surface area (Å²) in [6.07, 6.45) is 0.600. The fourth-order valence-corrected chi connectivity index (χ4v) is 2.12. The summed E-state index contributed by atoms with van der Waals surface area (Å²) in [5.74, 6) is -1.66. The smallest absolute Gasteiger partial charge is 0.335 e. The molecule has 0 aromatic heterocycles. The maximum atomic E-state index is 11.6. The first-order chi connectivity index (χ1) is 8.92. The van der Waals surface area contributed by atoms with E-state index in [1.807, 2.05) is 0 Å². The molecular weight excluding hydrogens is 252 g/mol. The third-order valence-corrected chi connectivity index (χ3v) is 3.43. The van der Waals surface area contributed by atoms with Gasteiger partial charge in [0.1, 0.15) is 0 Å². The Morgan fingerprint density at radius 1 is 1.16 bits per heavy atom. The van der Waals surface area contributed by atoms with E-state index < -0.39 is 30.3 Å². The molecule has 1 rings (SSSR count). The van der Waals surface area contributed by atoms with Gasteiger partial charge in [-0.05, 0) is 6.08 Å². The summed E-state index contributed by atoms with van der Waals surface area (Å²) < 4.78 is 14.7. The molecule has 1 saturated heterocycles. The molecule has 108 valence electrons. The van der Waals surface area contributed by atoms with E-state index in [0.29, 0.717) is 0 Å². The van der Waals surface area contributed by atoms with Gasteiger partial charge in [0.05, 0.1) is 26.4 Å². The summed E-state index contributed by atoms with van der Waals surface area (Å²) in [6, 6.07) is 0. The molecule has 0 bridgehead atoms. The molecule has 1 heterocycles. The minimum atomic E-state index is -0.844. The number of rotatable bonds is 3. The molecular formula is C13H20O6. The van der Waals surface area contributed by atoms with E-state index in [-0.39, 0.29) is 11.8 Å². The SMILES string of the molecule is COC(=O)C=CC1OC(C(=O)OC)C(C)C(O)C1C. The Morgan fingerprint density at radius 2 is 1.79 bits per heavy atom. The number of esters is 2. The highest BCUT2D eigenvalue weighted by Crippen LogP contribution is 2.31. The van der Waals surface area contributed by atoms with Crippen molar-refractivity contribution >= 4 is 11.9 Å². The summed E-state index contributed by atoms with van der Waals surface area (Å²) in [5.41, 5.74) is 0. The topological polar surface area (TPSA) is 82.1 Å². The highest BCUT2D eigenvalue weighted by molar-refractivity contribution is 5.81. The second-order valence-electron chi connectivity index (χ2n) is 4.64. The number of hydrogen-bond donors (Lipinski definition) is 1. The van der Waals surface area contributed by atoms with Crippen LogP contribution in [0.4, 0.5) is 0 Å². The van der Waals surface area contributed by atoms with Crippen molar-refractivity contribution in [1.29, 1.82) is 0 Å². The summed E-state index contributed by atoms with van der Waals surface area (Å²) >= 11 is 0. The number of aliphatic hydroxyl groups excluding tert-OH is 1. The van der Waals surface area contributed by atoms with Crippen molar-refractivity contribution in [2.75, 3.05) is 14.2 Å². The summed E-state index contributed by atoms with van der Waals surface area (Å²) in [7, 11) is 2.54. The highest BCUT2D eigenvalue weighted by atomic mass is 16.6. The van der Waals surface area contributed by atoms with Gasteiger partial charge in [0, 0.05) is 17.9 Å². The van der Waals surface area contributed by atoms with E-state index in [2.05, 4.69) is 9.47 Å². The Morgan fingerprint density at radius 3 is 2.32 bits per heavy atom. The Hall–Kier alpha value is -1.40. The zero-order chi connectivity index (χ0) is 14.6. The molecule has 0 aromatic carbocycles. The second-order valence-corrected chi connectivity index (χ2v) is 4.64. The summed E-state index contributed by atoms with van der Waals surface area (Å²) in [4.78, 5) is 22.7. The lowest BCUT2D eigenvalue weighted by Crippen LogP contribution is -2.51. The predicted octanol–water partition coefficient (Wildman–Crippen LogP) is 0.289. The lowest BCUT2D eigenvalue weighted by Gasteiger charge is -2.40. The van der Waals surface area contributed by atoms with Crippen molar-refractivity contribution in [1.82, 2.24) is 0 Å². The van der Waals surface area contributed by atoms with E-state index in [9.17, 15) is 14.7 Å². The average Bonchev–Trinajstić information content (AvgIpc) is 2.42. The van der Waals surface area contributed by atoms with Gasteiger partial charge in [-0.15, -0.1) is 0 Å². The van der Waals surface area contributed by atoms with Crippen molar-refractivity contribution in [3.63, 3.8) is 0 Å². The van der Waals surface area contributed by atoms with Gasteiger partial charge < -0.3 is 19.3 Å². The zero-order valence-corrected chi connectivity index (χ0v) is 11.5. The van der Waals surface area contributed by atoms with Crippen LogP contribution in [0.25, 0.3) is 0 Å². The molecule has 1 fully saturated rings. The molecule has 0 saturated carbocycles. The normalized spacial score (nSPS) is 35.1. The molecule has 5 atom stereocenters. The zero-order valence-electron chi connectivity index (χ0n) is 11.5. The molecule has 0 radical (unpaired) electrons. The van der Waals surface area contributed by atoms with Gasteiger partial charge in [0.15, 0.2) is 6.10 Å². The van der Waals surface area contributed by atoms with Crippen LogP contribution in [0.1, 0.15) is 13.8 Å². The summed E-state index contributed by atoms with van der Waals surface area (Å²) in [6.45, 7) is 3.52. The van der Waals surface area contributed by atoms with Crippen LogP contribution in [-0.4, -0.2) is 49.6 Å². The molecule has 1 N–H and O–H groups in total. The number of aliphatic hydroxyl groups is 1. The molecule has 5 unspecified atom stereocenters. The highest BCUT2D eigenvalue weighted by Gasteiger charge is 2.43. The average molecular weight is 272 g/mol. The van der Waals surface area contributed by atoms with E-state index in [4.69, 9.17) is 4.74 Å². The van der Waals surface area contributed by atoms with Crippen LogP contribution < -0.4 is 0 Å². The lowest BCUT2D eigenvalue weighted by atomic mass is 9.82. The first-order valence-corrected chi connectivity index (χ1v) is 6.09. The number of carbonyl (C=O) groups excluding carboxylic acids is 2. The Kier molecular flexibility index (Phi) is 5.50. The Balaban J connectivity index is 2.84. The third-order valence-electron chi connectivity index (χ3n) is 3.43. The van der Waals surface area contributed by atoms with Gasteiger partial charge in [0.25, 0.3) is 0 Å². The van der Waals surface area contributed by atoms with Crippen molar-refractivity contribution in [3.05, 3.63) is 12.2 Å². The molecule has 1 aliphatic rings. The van der Waals surface area contributed by atoms with E-state index in [1.165, 1.54) is 26.4 Å². The van der Waals surface area contributed by atoms with E-state index >= 15 is 0 Å². The third kappa shape index (κ3) is 3.54. The molecule has 19 heavy (non-hydrogen) atoms. The van der Waals surface area contributed by atoms with Crippen LogP contribution in [0, 0.1) is 11.8 Å². The number of carbonyl (C=O) groups is 2. The van der Waals surface area contributed by atoms with Gasteiger partial charge in [-0.3, -0.25) is 0 Å². The van der Waals surface area contributed by atoms with E-state index in [0.717, 1.165) is 0 Å². The predicted molar refractivity (Wildman–Crippen MR) is 66.2 cm³/mol. The minimum absolute atomic E-state index is 0.239. The monoisotopic (exact) mass is 272 g/mol. The maximum Gasteiger partial charge on any atom is 0.335 e. The van der Waals surface area contributed by atoms with Crippen LogP contribution in [-0.2, 0) is 23.8 Å². The second kappa shape index (κ2) is 6.68. The van der Waals surface area contributed by atoms with Gasteiger partial charge in [-0.2, -0.15) is 0 Å². The van der Waals surface area contributed by atoms with Gasteiger partial charge >= 0.3 is 11.9 Å². The summed E-state index contributed by atoms with van der Waals surface area (Å²) in [5, 5.41) is 10.1. The molecule has 6 nitrogen and oxygen atoms in total. The lowest BCUT2D eigenvalue weighted by molar-refractivity contribution is -0.185. The van der Waals surface area contributed by atoms with Crippen LogP contribution in [0.5, 0.6) is 0 Å². The fourth-order valence-electron chi connectivity index (χ4n) is 2.12. The molecule has 1 aliphatic heterocycles. The van der Waals surface area contributed by atoms with Crippen molar-refractivity contribution in [3.8, 4) is 0 Å². The Labute approximate surface area is 112 Å². The number of hydrogen-bond acceptors (Lipinski definition) is 6. The minimum Gasteiger partial charge on any atom is -0.467 e. The first kappa shape index (κ1) is 15.7. The number of methoxy groups -OCH3 is 2. The molecule has 0 aliphatic carbocycles. The molecule has 0 spiro atoms.